The van der Waals surface area contributed by atoms with Gasteiger partial charge in [0.1, 0.15) is 12.1 Å². The molecule has 0 unspecified atom stereocenters. The molecule has 11 heteroatoms. The van der Waals surface area contributed by atoms with Crippen LogP contribution in [0.15, 0.2) is 24.7 Å². The Morgan fingerprint density at radius 1 is 1.10 bits per heavy atom. The highest BCUT2D eigenvalue weighted by Gasteiger charge is 2.31. The van der Waals surface area contributed by atoms with E-state index in [4.69, 9.17) is 0 Å². The Kier molecular flexibility index (Phi) is 5.04. The van der Waals surface area contributed by atoms with Crippen molar-refractivity contribution in [3.63, 3.8) is 0 Å². The molecule has 0 atom stereocenters. The molecule has 0 radical (unpaired) electrons. The molecule has 4 heterocycles. The molecule has 8 nitrogen and oxygen atoms in total. The minimum absolute atomic E-state index is 0.0255. The molecule has 0 bridgehead atoms. The largest absolute Gasteiger partial charge is 0.417 e. The number of aryl methyl sites for hydroxylation is 2. The van der Waals surface area contributed by atoms with Crippen LogP contribution in [0.25, 0.3) is 5.78 Å². The van der Waals surface area contributed by atoms with Crippen molar-refractivity contribution >= 4 is 17.5 Å². The van der Waals surface area contributed by atoms with E-state index in [0.717, 1.165) is 29.2 Å². The molecule has 1 saturated heterocycles. The van der Waals surface area contributed by atoms with Crippen LogP contribution in [-0.4, -0.2) is 61.6 Å². The summed E-state index contributed by atoms with van der Waals surface area (Å²) in [6.45, 7) is 5.67. The number of halogens is 3. The first-order valence-corrected chi connectivity index (χ1v) is 9.46. The molecule has 1 fully saturated rings. The van der Waals surface area contributed by atoms with Crippen molar-refractivity contribution in [3.05, 3.63) is 47.2 Å². The van der Waals surface area contributed by atoms with Gasteiger partial charge in [0, 0.05) is 49.3 Å². The van der Waals surface area contributed by atoms with E-state index in [1.54, 1.807) is 9.42 Å². The fraction of sp³-hybridized carbons (Fsp3) is 0.421. The second kappa shape index (κ2) is 7.54. The van der Waals surface area contributed by atoms with Gasteiger partial charge in [-0.15, -0.1) is 0 Å². The Morgan fingerprint density at radius 2 is 1.83 bits per heavy atom. The smallest absolute Gasteiger partial charge is 0.353 e. The number of alkyl halides is 3. The van der Waals surface area contributed by atoms with Gasteiger partial charge in [-0.25, -0.2) is 14.5 Å². The molecule has 0 aliphatic carbocycles. The maximum atomic E-state index is 12.8. The van der Waals surface area contributed by atoms with Crippen LogP contribution in [0.5, 0.6) is 0 Å². The summed E-state index contributed by atoms with van der Waals surface area (Å²) < 4.78 is 39.7. The summed E-state index contributed by atoms with van der Waals surface area (Å²) in [7, 11) is 0. The van der Waals surface area contributed by atoms with E-state index in [-0.39, 0.29) is 12.3 Å². The minimum atomic E-state index is -4.41. The van der Waals surface area contributed by atoms with Crippen LogP contribution in [0.4, 0.5) is 19.0 Å². The van der Waals surface area contributed by atoms with Crippen molar-refractivity contribution in [2.75, 3.05) is 31.1 Å². The van der Waals surface area contributed by atoms with Crippen molar-refractivity contribution in [2.45, 2.75) is 26.4 Å². The van der Waals surface area contributed by atoms with Crippen molar-refractivity contribution in [1.82, 2.24) is 29.5 Å². The molecule has 1 aliphatic heterocycles. The third-order valence-electron chi connectivity index (χ3n) is 5.35. The molecular weight excluding hydrogens is 399 g/mol. The standard InChI is InChI=1S/C19H20F3N7O/c1-12-15(13(2)29-18(26-12)24-11-25-29)9-17(30)28-7-5-27(6-8-28)16-4-3-14(10-23-16)19(20,21)22/h3-4,10-11H,5-9H2,1-2H3. The number of hydrogen-bond acceptors (Lipinski definition) is 6. The minimum Gasteiger partial charge on any atom is -0.353 e. The number of nitrogens with zero attached hydrogens (tertiary/aromatic N) is 7. The van der Waals surface area contributed by atoms with Crippen molar-refractivity contribution in [3.8, 4) is 0 Å². The van der Waals surface area contributed by atoms with Crippen molar-refractivity contribution in [1.29, 1.82) is 0 Å². The molecule has 0 N–H and O–H groups in total. The van der Waals surface area contributed by atoms with Gasteiger partial charge in [-0.05, 0) is 26.0 Å². The van der Waals surface area contributed by atoms with E-state index in [1.165, 1.54) is 12.4 Å². The lowest BCUT2D eigenvalue weighted by molar-refractivity contribution is -0.137. The topological polar surface area (TPSA) is 79.5 Å². The summed E-state index contributed by atoms with van der Waals surface area (Å²) in [5, 5.41) is 4.14. The summed E-state index contributed by atoms with van der Waals surface area (Å²) >= 11 is 0. The zero-order valence-corrected chi connectivity index (χ0v) is 16.5. The van der Waals surface area contributed by atoms with Crippen molar-refractivity contribution < 1.29 is 18.0 Å². The number of hydrogen-bond donors (Lipinski definition) is 0. The maximum Gasteiger partial charge on any atom is 0.417 e. The van der Waals surface area contributed by atoms with E-state index >= 15 is 0 Å². The van der Waals surface area contributed by atoms with Gasteiger partial charge >= 0.3 is 6.18 Å². The molecule has 30 heavy (non-hydrogen) atoms. The van der Waals surface area contributed by atoms with Gasteiger partial charge < -0.3 is 9.80 Å². The number of fused-ring (bicyclic) bond motifs is 1. The monoisotopic (exact) mass is 419 g/mol. The van der Waals surface area contributed by atoms with Crippen LogP contribution in [-0.2, 0) is 17.4 Å². The maximum absolute atomic E-state index is 12.8. The second-order valence-electron chi connectivity index (χ2n) is 7.18. The predicted molar refractivity (Wildman–Crippen MR) is 102 cm³/mol. The molecule has 0 saturated carbocycles. The number of piperazine rings is 1. The van der Waals surface area contributed by atoms with Crippen LogP contribution in [0.1, 0.15) is 22.5 Å². The highest BCUT2D eigenvalue weighted by molar-refractivity contribution is 5.79. The Labute approximate surface area is 170 Å². The quantitative estimate of drug-likeness (QED) is 0.647. The second-order valence-corrected chi connectivity index (χ2v) is 7.18. The Bertz CT molecular complexity index is 1070. The number of aromatic nitrogens is 5. The number of pyridine rings is 1. The van der Waals surface area contributed by atoms with E-state index in [9.17, 15) is 18.0 Å². The van der Waals surface area contributed by atoms with Gasteiger partial charge in [-0.3, -0.25) is 4.79 Å². The number of rotatable bonds is 3. The first-order chi connectivity index (χ1) is 14.2. The fourth-order valence-corrected chi connectivity index (χ4v) is 3.60. The molecule has 158 valence electrons. The van der Waals surface area contributed by atoms with E-state index < -0.39 is 11.7 Å². The summed E-state index contributed by atoms with van der Waals surface area (Å²) in [6.07, 6.45) is -1.93. The molecule has 1 amide bonds. The number of carbonyl (C=O) groups excluding carboxylic acids is 1. The molecular formula is C19H20F3N7O. The number of carbonyl (C=O) groups is 1. The van der Waals surface area contributed by atoms with Gasteiger partial charge in [-0.2, -0.15) is 23.3 Å². The Morgan fingerprint density at radius 3 is 2.47 bits per heavy atom. The first-order valence-electron chi connectivity index (χ1n) is 9.46. The Hall–Kier alpha value is -3.24. The molecule has 0 aromatic carbocycles. The molecule has 3 aromatic rings. The lowest BCUT2D eigenvalue weighted by Crippen LogP contribution is -2.49. The van der Waals surface area contributed by atoms with Gasteiger partial charge in [0.2, 0.25) is 5.91 Å². The van der Waals surface area contributed by atoms with E-state index in [0.29, 0.717) is 37.8 Å². The number of anilines is 1. The number of amides is 1. The molecule has 3 aromatic heterocycles. The van der Waals surface area contributed by atoms with Crippen molar-refractivity contribution in [2.24, 2.45) is 0 Å². The summed E-state index contributed by atoms with van der Waals surface area (Å²) in [4.78, 5) is 28.9. The van der Waals surface area contributed by atoms with Crippen LogP contribution < -0.4 is 4.90 Å². The summed E-state index contributed by atoms with van der Waals surface area (Å²) in [6, 6.07) is 2.39. The highest BCUT2D eigenvalue weighted by Crippen LogP contribution is 2.29. The predicted octanol–water partition coefficient (Wildman–Crippen LogP) is 2.05. The van der Waals surface area contributed by atoms with E-state index in [1.807, 2.05) is 18.7 Å². The van der Waals surface area contributed by atoms with Gasteiger partial charge in [0.25, 0.3) is 5.78 Å². The van der Waals surface area contributed by atoms with Crippen LogP contribution in [0, 0.1) is 13.8 Å². The fourth-order valence-electron chi connectivity index (χ4n) is 3.60. The van der Waals surface area contributed by atoms with Crippen LogP contribution >= 0.6 is 0 Å². The van der Waals surface area contributed by atoms with E-state index in [2.05, 4.69) is 20.1 Å². The summed E-state index contributed by atoms with van der Waals surface area (Å²) in [5.41, 5.74) is 1.62. The SMILES string of the molecule is Cc1nc2ncnn2c(C)c1CC(=O)N1CCN(c2ccc(C(F)(F)F)cn2)CC1. The Balaban J connectivity index is 1.40. The van der Waals surface area contributed by atoms with Crippen LogP contribution in [0.3, 0.4) is 0 Å². The third-order valence-corrected chi connectivity index (χ3v) is 5.35. The first kappa shape index (κ1) is 20.0. The summed E-state index contributed by atoms with van der Waals surface area (Å²) in [5.74, 6) is 0.948. The lowest BCUT2D eigenvalue weighted by Gasteiger charge is -2.35. The lowest BCUT2D eigenvalue weighted by atomic mass is 10.1. The zero-order valence-electron chi connectivity index (χ0n) is 16.5. The highest BCUT2D eigenvalue weighted by atomic mass is 19.4. The average Bonchev–Trinajstić information content (AvgIpc) is 3.19. The zero-order chi connectivity index (χ0) is 21.5. The van der Waals surface area contributed by atoms with Gasteiger partial charge in [0.05, 0.1) is 12.0 Å². The van der Waals surface area contributed by atoms with Gasteiger partial charge in [-0.1, -0.05) is 0 Å². The molecule has 4 rings (SSSR count). The third kappa shape index (κ3) is 3.79. The normalized spacial score (nSPS) is 15.1. The molecule has 0 spiro atoms. The average molecular weight is 419 g/mol. The van der Waals surface area contributed by atoms with Crippen LogP contribution in [0.2, 0.25) is 0 Å². The van der Waals surface area contributed by atoms with Gasteiger partial charge in [0.15, 0.2) is 0 Å². The molecule has 1 aliphatic rings.